The van der Waals surface area contributed by atoms with E-state index in [1.165, 1.54) is 18.2 Å². The molecule has 0 aliphatic rings. The monoisotopic (exact) mass is 851 g/mol. The van der Waals surface area contributed by atoms with E-state index in [1.807, 2.05) is 85.2 Å². The Bertz CT molecular complexity index is 3900. The molecule has 12 aromatic rings. The number of hydrogen-bond acceptors (Lipinski definition) is 3. The first kappa shape index (κ1) is 38.7. The number of rotatable bonds is 7. The Labute approximate surface area is 378 Å². The fourth-order valence-corrected chi connectivity index (χ4v) is 9.72. The summed E-state index contributed by atoms with van der Waals surface area (Å²) in [6.07, 6.45) is 3.63. The third-order valence-corrected chi connectivity index (χ3v) is 12.6. The van der Waals surface area contributed by atoms with Crippen LogP contribution in [0, 0.1) is 23.0 Å². The van der Waals surface area contributed by atoms with Crippen molar-refractivity contribution in [2.24, 2.45) is 0 Å². The minimum atomic E-state index is -0.752. The Morgan fingerprint density at radius 1 is 0.379 bits per heavy atom. The van der Waals surface area contributed by atoms with Crippen molar-refractivity contribution in [3.8, 4) is 73.3 Å². The zero-order chi connectivity index (χ0) is 44.3. The van der Waals surface area contributed by atoms with Crippen molar-refractivity contribution in [2.45, 2.75) is 0 Å². The Balaban J connectivity index is 1.15. The lowest BCUT2D eigenvalue weighted by atomic mass is 9.96. The van der Waals surface area contributed by atoms with E-state index < -0.39 is 11.6 Å². The van der Waals surface area contributed by atoms with E-state index in [0.717, 1.165) is 88.4 Å². The number of fused-ring (bicyclic) bond motifs is 6. The number of nitrogens with zero attached hydrogens (tertiary/aromatic N) is 5. The van der Waals surface area contributed by atoms with Crippen LogP contribution in [-0.2, 0) is 0 Å². The molecule has 0 N–H and O–H groups in total. The first-order valence-electron chi connectivity index (χ1n) is 21.7. The van der Waals surface area contributed by atoms with Gasteiger partial charge in [-0.3, -0.25) is 9.97 Å². The fraction of sp³-hybridized carbons (Fsp3) is 0. The van der Waals surface area contributed by atoms with Gasteiger partial charge in [-0.15, -0.1) is 0 Å². The molecule has 0 saturated heterocycles. The maximum Gasteiger partial charge on any atom is 0.134 e. The lowest BCUT2D eigenvalue weighted by molar-refractivity contribution is 0.589. The Morgan fingerprint density at radius 3 is 1.33 bits per heavy atom. The van der Waals surface area contributed by atoms with Gasteiger partial charge in [0.05, 0.1) is 62.0 Å². The van der Waals surface area contributed by atoms with Crippen LogP contribution in [0.4, 0.5) is 8.78 Å². The van der Waals surface area contributed by atoms with Gasteiger partial charge in [-0.05, 0) is 83.9 Å². The predicted octanol–water partition coefficient (Wildman–Crippen LogP) is 15.2. The highest BCUT2D eigenvalue weighted by Crippen LogP contribution is 2.44. The van der Waals surface area contributed by atoms with Gasteiger partial charge in [0.25, 0.3) is 0 Å². The number of halogens is 2. The molecule has 0 amide bonds. The first-order chi connectivity index (χ1) is 32.6. The number of aromatic nitrogens is 4. The van der Waals surface area contributed by atoms with E-state index >= 15 is 8.78 Å². The van der Waals surface area contributed by atoms with Crippen molar-refractivity contribution in [1.82, 2.24) is 19.1 Å². The smallest absolute Gasteiger partial charge is 0.134 e. The molecule has 0 unspecified atom stereocenters. The molecular weight excluding hydrogens is 817 g/mol. The average molecular weight is 852 g/mol. The fourth-order valence-electron chi connectivity index (χ4n) is 9.72. The van der Waals surface area contributed by atoms with Gasteiger partial charge in [0.1, 0.15) is 11.6 Å². The van der Waals surface area contributed by atoms with Crippen molar-refractivity contribution in [3.05, 3.63) is 230 Å². The molecule has 5 nitrogen and oxygen atoms in total. The molecule has 12 rings (SSSR count). The van der Waals surface area contributed by atoms with Crippen molar-refractivity contribution in [3.63, 3.8) is 0 Å². The lowest BCUT2D eigenvalue weighted by Crippen LogP contribution is -2.06. The van der Waals surface area contributed by atoms with E-state index in [4.69, 9.17) is 9.97 Å². The van der Waals surface area contributed by atoms with E-state index in [-0.39, 0.29) is 16.7 Å². The second kappa shape index (κ2) is 15.7. The minimum Gasteiger partial charge on any atom is -0.307 e. The van der Waals surface area contributed by atoms with Gasteiger partial charge in [-0.1, -0.05) is 127 Å². The van der Waals surface area contributed by atoms with Crippen LogP contribution in [-0.4, -0.2) is 19.1 Å². The molecule has 7 heteroatoms. The number of pyridine rings is 2. The normalized spacial score (nSPS) is 11.5. The largest absolute Gasteiger partial charge is 0.307 e. The van der Waals surface area contributed by atoms with Crippen LogP contribution in [0.15, 0.2) is 213 Å². The molecule has 0 spiro atoms. The molecule has 310 valence electrons. The number of para-hydroxylation sites is 2. The van der Waals surface area contributed by atoms with Gasteiger partial charge in [0, 0.05) is 61.8 Å². The van der Waals surface area contributed by atoms with Crippen LogP contribution in [0.3, 0.4) is 0 Å². The SMILES string of the molecule is N#Cc1cc(-n2c3ccccc3c3cc(-c4cccnc4-c4ccccc4)ccc32)c(-n2c3ccccc3c3cc(-c4cccnc4-c4ccccc4)ccc32)cc1-c1c(F)cccc1F. The van der Waals surface area contributed by atoms with Crippen LogP contribution >= 0.6 is 0 Å². The summed E-state index contributed by atoms with van der Waals surface area (Å²) in [5.74, 6) is -1.50. The zero-order valence-corrected chi connectivity index (χ0v) is 35.2. The first-order valence-corrected chi connectivity index (χ1v) is 21.7. The third kappa shape index (κ3) is 6.19. The standard InChI is InChI=1S/C59H35F2N5/c60-49-22-11-23-50(61)57(49)46-35-56(66-52-25-10-8-19-45(52)48-33-40(27-29-54(48)66)43-21-13-31-64-59(43)38-16-5-2-6-17-38)55(34-41(46)36-62)65-51-24-9-7-18-44(51)47-32-39(26-28-53(47)65)42-20-12-30-63-58(42)37-14-3-1-4-15-37/h1-35H. The molecule has 4 aromatic heterocycles. The van der Waals surface area contributed by atoms with Gasteiger partial charge in [-0.25, -0.2) is 8.78 Å². The third-order valence-electron chi connectivity index (χ3n) is 12.6. The van der Waals surface area contributed by atoms with Crippen LogP contribution < -0.4 is 0 Å². The molecule has 0 atom stereocenters. The molecule has 0 fully saturated rings. The van der Waals surface area contributed by atoms with E-state index in [9.17, 15) is 5.26 Å². The van der Waals surface area contributed by atoms with Crippen molar-refractivity contribution < 1.29 is 8.78 Å². The summed E-state index contributed by atoms with van der Waals surface area (Å²) in [6.45, 7) is 0. The molecular formula is C59H35F2N5. The quantitative estimate of drug-likeness (QED) is 0.160. The number of nitriles is 1. The van der Waals surface area contributed by atoms with Crippen LogP contribution in [0.1, 0.15) is 5.56 Å². The number of benzene rings is 8. The summed E-state index contributed by atoms with van der Waals surface area (Å²) in [5, 5.41) is 14.9. The van der Waals surface area contributed by atoms with E-state index in [0.29, 0.717) is 11.4 Å². The van der Waals surface area contributed by atoms with E-state index in [1.54, 1.807) is 12.1 Å². The lowest BCUT2D eigenvalue weighted by Gasteiger charge is -2.20. The molecule has 0 aliphatic carbocycles. The molecule has 0 radical (unpaired) electrons. The Hall–Kier alpha value is -8.99. The minimum absolute atomic E-state index is 0.135. The summed E-state index contributed by atoms with van der Waals surface area (Å²) in [7, 11) is 0. The van der Waals surface area contributed by atoms with Crippen molar-refractivity contribution in [1.29, 1.82) is 5.26 Å². The summed E-state index contributed by atoms with van der Waals surface area (Å²) < 4.78 is 36.2. The molecule has 4 heterocycles. The molecule has 0 bridgehead atoms. The van der Waals surface area contributed by atoms with Crippen LogP contribution in [0.25, 0.3) is 111 Å². The summed E-state index contributed by atoms with van der Waals surface area (Å²) in [6, 6.07) is 67.3. The highest BCUT2D eigenvalue weighted by atomic mass is 19.1. The Morgan fingerprint density at radius 2 is 0.833 bits per heavy atom. The topological polar surface area (TPSA) is 59.4 Å². The van der Waals surface area contributed by atoms with Gasteiger partial charge >= 0.3 is 0 Å². The molecule has 8 aromatic carbocycles. The highest BCUT2D eigenvalue weighted by molar-refractivity contribution is 6.13. The maximum atomic E-state index is 15.9. The van der Waals surface area contributed by atoms with Gasteiger partial charge in [0.15, 0.2) is 0 Å². The van der Waals surface area contributed by atoms with Crippen LogP contribution in [0.2, 0.25) is 0 Å². The highest BCUT2D eigenvalue weighted by Gasteiger charge is 2.25. The predicted molar refractivity (Wildman–Crippen MR) is 263 cm³/mol. The van der Waals surface area contributed by atoms with Gasteiger partial charge in [-0.2, -0.15) is 5.26 Å². The summed E-state index contributed by atoms with van der Waals surface area (Å²) in [4.78, 5) is 9.64. The Kier molecular flexibility index (Phi) is 9.18. The van der Waals surface area contributed by atoms with Crippen LogP contribution in [0.5, 0.6) is 0 Å². The number of hydrogen-bond donors (Lipinski definition) is 0. The summed E-state index contributed by atoms with van der Waals surface area (Å²) >= 11 is 0. The average Bonchev–Trinajstić information content (AvgIpc) is 3.88. The second-order valence-electron chi connectivity index (χ2n) is 16.3. The summed E-state index contributed by atoms with van der Waals surface area (Å²) in [5.41, 5.74) is 12.7. The van der Waals surface area contributed by atoms with Gasteiger partial charge in [0.2, 0.25) is 0 Å². The maximum absolute atomic E-state index is 15.9. The molecule has 66 heavy (non-hydrogen) atoms. The second-order valence-corrected chi connectivity index (χ2v) is 16.3. The van der Waals surface area contributed by atoms with Crippen molar-refractivity contribution in [2.75, 3.05) is 0 Å². The zero-order valence-electron chi connectivity index (χ0n) is 35.2. The molecule has 0 aliphatic heterocycles. The molecule has 0 saturated carbocycles. The van der Waals surface area contributed by atoms with E-state index in [2.05, 4.69) is 112 Å². The van der Waals surface area contributed by atoms with Crippen molar-refractivity contribution >= 4 is 43.6 Å². The van der Waals surface area contributed by atoms with Gasteiger partial charge < -0.3 is 9.13 Å².